The molecule has 1 aromatic heterocycles. The molecule has 0 saturated heterocycles. The first-order valence-corrected chi connectivity index (χ1v) is 8.54. The van der Waals surface area contributed by atoms with Crippen LogP contribution < -0.4 is 10.0 Å². The van der Waals surface area contributed by atoms with Gasteiger partial charge in [-0.15, -0.1) is 0 Å². The fourth-order valence-corrected chi connectivity index (χ4v) is 2.06. The highest BCUT2D eigenvalue weighted by Gasteiger charge is 2.32. The van der Waals surface area contributed by atoms with Crippen molar-refractivity contribution in [2.45, 2.75) is 38.6 Å². The lowest BCUT2D eigenvalue weighted by atomic mass is 10.2. The monoisotopic (exact) mass is 369 g/mol. The molecule has 2 N–H and O–H groups in total. The quantitative estimate of drug-likeness (QED) is 0.802. The van der Waals surface area contributed by atoms with Crippen molar-refractivity contribution in [3.8, 4) is 0 Å². The Morgan fingerprint density at radius 3 is 2.50 bits per heavy atom. The largest absolute Gasteiger partial charge is 0.449 e. The fourth-order valence-electron chi connectivity index (χ4n) is 1.39. The molecule has 1 amide bonds. The standard InChI is InChI=1S/C13H18F3N3O4S/c1-4-5-23-12(20)18-10-6-9(13(14,15)16)7-17-11(10)19-24(21,22)8(2)3/h6-8H,4-5H2,1-3H3,(H,17,19)(H,18,20). The number of rotatable bonds is 6. The van der Waals surface area contributed by atoms with Crippen LogP contribution in [0.4, 0.5) is 29.5 Å². The molecule has 0 aliphatic carbocycles. The van der Waals surface area contributed by atoms with E-state index in [1.807, 2.05) is 4.72 Å². The number of nitrogens with one attached hydrogen (secondary N) is 2. The average Bonchev–Trinajstić information content (AvgIpc) is 2.45. The number of sulfonamides is 1. The van der Waals surface area contributed by atoms with Crippen LogP contribution in [-0.4, -0.2) is 31.4 Å². The number of anilines is 2. The smallest absolute Gasteiger partial charge is 0.417 e. The summed E-state index contributed by atoms with van der Waals surface area (Å²) in [5, 5.41) is 1.22. The van der Waals surface area contributed by atoms with Crippen molar-refractivity contribution in [2.75, 3.05) is 16.6 Å². The van der Waals surface area contributed by atoms with Crippen LogP contribution in [0.2, 0.25) is 0 Å². The Morgan fingerprint density at radius 2 is 2.00 bits per heavy atom. The summed E-state index contributed by atoms with van der Waals surface area (Å²) in [7, 11) is -3.86. The molecule has 0 unspecified atom stereocenters. The number of pyridine rings is 1. The van der Waals surface area contributed by atoms with E-state index in [0.29, 0.717) is 18.7 Å². The van der Waals surface area contributed by atoms with E-state index in [1.165, 1.54) is 13.8 Å². The minimum absolute atomic E-state index is 0.0608. The van der Waals surface area contributed by atoms with Crippen LogP contribution in [0.1, 0.15) is 32.8 Å². The predicted octanol–water partition coefficient (Wildman–Crippen LogP) is 3.21. The van der Waals surface area contributed by atoms with Crippen LogP contribution in [0.3, 0.4) is 0 Å². The van der Waals surface area contributed by atoms with Gasteiger partial charge < -0.3 is 4.74 Å². The summed E-state index contributed by atoms with van der Waals surface area (Å²) in [5.74, 6) is -0.426. The molecular weight excluding hydrogens is 351 g/mol. The first-order valence-electron chi connectivity index (χ1n) is 7.00. The molecule has 0 aromatic carbocycles. The third-order valence-corrected chi connectivity index (χ3v) is 4.47. The van der Waals surface area contributed by atoms with Gasteiger partial charge in [0.05, 0.1) is 23.1 Å². The summed E-state index contributed by atoms with van der Waals surface area (Å²) < 4.78 is 68.9. The van der Waals surface area contributed by atoms with Gasteiger partial charge >= 0.3 is 12.3 Å². The lowest BCUT2D eigenvalue weighted by Gasteiger charge is -2.16. The van der Waals surface area contributed by atoms with Crippen molar-refractivity contribution < 1.29 is 31.1 Å². The van der Waals surface area contributed by atoms with Gasteiger partial charge in [0.15, 0.2) is 5.82 Å². The van der Waals surface area contributed by atoms with E-state index in [0.717, 1.165) is 0 Å². The van der Waals surface area contributed by atoms with Gasteiger partial charge in [-0.25, -0.2) is 18.2 Å². The topological polar surface area (TPSA) is 97.4 Å². The lowest BCUT2D eigenvalue weighted by Crippen LogP contribution is -2.25. The molecule has 136 valence electrons. The van der Waals surface area contributed by atoms with Gasteiger partial charge in [0, 0.05) is 6.20 Å². The van der Waals surface area contributed by atoms with E-state index < -0.39 is 44.6 Å². The van der Waals surface area contributed by atoms with E-state index in [-0.39, 0.29) is 6.61 Å². The van der Waals surface area contributed by atoms with E-state index in [4.69, 9.17) is 4.74 Å². The molecule has 0 fully saturated rings. The van der Waals surface area contributed by atoms with Crippen molar-refractivity contribution in [1.82, 2.24) is 4.98 Å². The number of halogens is 3. The maximum absolute atomic E-state index is 12.8. The number of carbonyl (C=O) groups excluding carboxylic acids is 1. The third kappa shape index (κ3) is 5.55. The van der Waals surface area contributed by atoms with Crippen molar-refractivity contribution >= 4 is 27.6 Å². The molecule has 1 heterocycles. The zero-order valence-electron chi connectivity index (χ0n) is 13.3. The molecule has 0 bridgehead atoms. The van der Waals surface area contributed by atoms with Gasteiger partial charge in [-0.2, -0.15) is 13.2 Å². The highest BCUT2D eigenvalue weighted by molar-refractivity contribution is 7.93. The third-order valence-electron chi connectivity index (χ3n) is 2.75. The van der Waals surface area contributed by atoms with Gasteiger partial charge in [0.2, 0.25) is 10.0 Å². The van der Waals surface area contributed by atoms with Gasteiger partial charge in [-0.05, 0) is 26.3 Å². The van der Waals surface area contributed by atoms with Crippen LogP contribution in [0.15, 0.2) is 12.3 Å². The maximum Gasteiger partial charge on any atom is 0.417 e. The molecule has 0 saturated carbocycles. The second-order valence-corrected chi connectivity index (χ2v) is 7.31. The lowest BCUT2D eigenvalue weighted by molar-refractivity contribution is -0.137. The minimum atomic E-state index is -4.70. The molecule has 7 nitrogen and oxygen atoms in total. The predicted molar refractivity (Wildman–Crippen MR) is 82.2 cm³/mol. The Labute approximate surface area is 137 Å². The van der Waals surface area contributed by atoms with Gasteiger partial charge in [0.25, 0.3) is 0 Å². The Morgan fingerprint density at radius 1 is 1.38 bits per heavy atom. The maximum atomic E-state index is 12.8. The zero-order valence-corrected chi connectivity index (χ0v) is 14.1. The summed E-state index contributed by atoms with van der Waals surface area (Å²) in [5.41, 5.74) is -1.59. The highest BCUT2D eigenvalue weighted by Crippen LogP contribution is 2.33. The summed E-state index contributed by atoms with van der Waals surface area (Å²) in [6, 6.07) is 0.582. The zero-order chi connectivity index (χ0) is 18.5. The summed E-state index contributed by atoms with van der Waals surface area (Å²) in [6.45, 7) is 4.57. The fraction of sp³-hybridized carbons (Fsp3) is 0.538. The number of ether oxygens (including phenoxy) is 1. The number of aromatic nitrogens is 1. The second-order valence-electron chi connectivity index (χ2n) is 5.07. The first-order chi connectivity index (χ1) is 11.0. The van der Waals surface area contributed by atoms with Gasteiger partial charge in [0.1, 0.15) is 0 Å². The Balaban J connectivity index is 3.20. The number of nitrogens with zero attached hydrogens (tertiary/aromatic N) is 1. The van der Waals surface area contributed by atoms with Crippen molar-refractivity contribution in [2.24, 2.45) is 0 Å². The number of hydrogen-bond donors (Lipinski definition) is 2. The van der Waals surface area contributed by atoms with Crippen molar-refractivity contribution in [3.63, 3.8) is 0 Å². The molecule has 1 aromatic rings. The number of alkyl halides is 3. The highest BCUT2D eigenvalue weighted by atomic mass is 32.2. The number of hydrogen-bond acceptors (Lipinski definition) is 5. The normalized spacial score (nSPS) is 12.1. The molecule has 0 aliphatic rings. The van der Waals surface area contributed by atoms with Gasteiger partial charge in [-0.1, -0.05) is 6.92 Å². The van der Waals surface area contributed by atoms with Crippen LogP contribution in [0.25, 0.3) is 0 Å². The van der Waals surface area contributed by atoms with Crippen LogP contribution in [0.5, 0.6) is 0 Å². The molecule has 0 radical (unpaired) electrons. The van der Waals surface area contributed by atoms with Gasteiger partial charge in [-0.3, -0.25) is 10.0 Å². The summed E-state index contributed by atoms with van der Waals surface area (Å²) >= 11 is 0. The molecular formula is C13H18F3N3O4S. The number of carbonyl (C=O) groups is 1. The van der Waals surface area contributed by atoms with Crippen LogP contribution in [0, 0.1) is 0 Å². The first kappa shape index (κ1) is 20.0. The summed E-state index contributed by atoms with van der Waals surface area (Å²) in [6.07, 6.45) is -4.73. The molecule has 0 aliphatic heterocycles. The van der Waals surface area contributed by atoms with E-state index in [2.05, 4.69) is 10.3 Å². The molecule has 24 heavy (non-hydrogen) atoms. The Hall–Kier alpha value is -2.04. The molecule has 0 spiro atoms. The summed E-state index contributed by atoms with van der Waals surface area (Å²) in [4.78, 5) is 15.0. The van der Waals surface area contributed by atoms with E-state index in [1.54, 1.807) is 6.92 Å². The van der Waals surface area contributed by atoms with E-state index >= 15 is 0 Å². The average molecular weight is 369 g/mol. The van der Waals surface area contributed by atoms with Crippen LogP contribution in [-0.2, 0) is 20.9 Å². The minimum Gasteiger partial charge on any atom is -0.449 e. The molecule has 0 atom stereocenters. The second kappa shape index (κ2) is 7.69. The van der Waals surface area contributed by atoms with Crippen molar-refractivity contribution in [3.05, 3.63) is 17.8 Å². The van der Waals surface area contributed by atoms with E-state index in [9.17, 15) is 26.4 Å². The Bertz CT molecular complexity index is 690. The molecule has 11 heteroatoms. The van der Waals surface area contributed by atoms with Crippen LogP contribution >= 0.6 is 0 Å². The molecule has 1 rings (SSSR count). The number of amides is 1. The van der Waals surface area contributed by atoms with Crippen molar-refractivity contribution in [1.29, 1.82) is 0 Å². The SMILES string of the molecule is CCCOC(=O)Nc1cc(C(F)(F)F)cnc1NS(=O)(=O)C(C)C. The Kier molecular flexibility index (Phi) is 6.41.